The van der Waals surface area contributed by atoms with Gasteiger partial charge in [0.1, 0.15) is 19.7 Å². The Morgan fingerprint density at radius 2 is 1.16 bits per heavy atom. The maximum Gasteiger partial charge on any atom is 0.126 e. The van der Waals surface area contributed by atoms with E-state index in [0.29, 0.717) is 9.66 Å². The van der Waals surface area contributed by atoms with E-state index >= 15 is 0 Å². The van der Waals surface area contributed by atoms with E-state index in [-0.39, 0.29) is 16.6 Å². The fourth-order valence-electron chi connectivity index (χ4n) is 3.82. The molecule has 4 heteroatoms. The van der Waals surface area contributed by atoms with Crippen molar-refractivity contribution >= 4 is 29.2 Å². The normalized spacial score (nSPS) is 12.8. The van der Waals surface area contributed by atoms with Crippen molar-refractivity contribution in [3.63, 3.8) is 0 Å². The summed E-state index contributed by atoms with van der Waals surface area (Å²) in [5.74, 6) is -0.788. The second-order valence-electron chi connectivity index (χ2n) is 6.14. The van der Waals surface area contributed by atoms with Crippen molar-refractivity contribution < 1.29 is 8.78 Å². The summed E-state index contributed by atoms with van der Waals surface area (Å²) in [5, 5.41) is 0.371. The molecule has 0 spiro atoms. The Morgan fingerprint density at radius 1 is 0.842 bits per heavy atom. The number of benzene rings is 1. The standard InChI is InChI=1S/C15H23BrF2Si/c1-9(2)19(10(3)4,11(5)6)15-13(17)7-12(16)8-14(15)18/h7-11H,1-6H3. The third kappa shape index (κ3) is 2.80. The van der Waals surface area contributed by atoms with Gasteiger partial charge in [-0.05, 0) is 28.8 Å². The highest BCUT2D eigenvalue weighted by molar-refractivity contribution is 9.10. The highest BCUT2D eigenvalue weighted by atomic mass is 79.9. The van der Waals surface area contributed by atoms with Crippen LogP contribution < -0.4 is 5.19 Å². The second-order valence-corrected chi connectivity index (χ2v) is 12.9. The minimum atomic E-state index is -2.29. The molecule has 0 unspecified atom stereocenters. The van der Waals surface area contributed by atoms with Gasteiger partial charge < -0.3 is 0 Å². The molecule has 0 atom stereocenters. The van der Waals surface area contributed by atoms with Crippen molar-refractivity contribution in [2.24, 2.45) is 0 Å². The van der Waals surface area contributed by atoms with Crippen LogP contribution >= 0.6 is 15.9 Å². The SMILES string of the molecule is CC(C)[Si](c1c(F)cc(Br)cc1F)(C(C)C)C(C)C. The quantitative estimate of drug-likeness (QED) is 0.620. The molecule has 1 aromatic rings. The molecule has 19 heavy (non-hydrogen) atoms. The van der Waals surface area contributed by atoms with E-state index in [9.17, 15) is 8.78 Å². The Morgan fingerprint density at radius 3 is 1.42 bits per heavy atom. The van der Waals surface area contributed by atoms with Gasteiger partial charge in [-0.15, -0.1) is 0 Å². The van der Waals surface area contributed by atoms with Crippen molar-refractivity contribution in [2.45, 2.75) is 58.2 Å². The first kappa shape index (κ1) is 16.8. The highest BCUT2D eigenvalue weighted by Gasteiger charge is 2.47. The molecule has 0 aliphatic rings. The Labute approximate surface area is 124 Å². The highest BCUT2D eigenvalue weighted by Crippen LogP contribution is 2.42. The summed E-state index contributed by atoms with van der Waals surface area (Å²) >= 11 is 3.16. The molecule has 0 heterocycles. The van der Waals surface area contributed by atoms with Crippen LogP contribution in [-0.2, 0) is 0 Å². The van der Waals surface area contributed by atoms with E-state index in [1.54, 1.807) is 0 Å². The van der Waals surface area contributed by atoms with Crippen LogP contribution in [0.2, 0.25) is 16.6 Å². The van der Waals surface area contributed by atoms with Gasteiger partial charge in [-0.1, -0.05) is 57.5 Å². The molecule has 0 aromatic heterocycles. The maximum absolute atomic E-state index is 14.5. The van der Waals surface area contributed by atoms with E-state index < -0.39 is 19.7 Å². The molecular weight excluding hydrogens is 326 g/mol. The lowest BCUT2D eigenvalue weighted by molar-refractivity contribution is 0.590. The van der Waals surface area contributed by atoms with Gasteiger partial charge in [0.15, 0.2) is 0 Å². The van der Waals surface area contributed by atoms with Crippen LogP contribution in [-0.4, -0.2) is 8.07 Å². The average molecular weight is 349 g/mol. The molecule has 0 saturated heterocycles. The predicted molar refractivity (Wildman–Crippen MR) is 84.7 cm³/mol. The molecule has 0 bridgehead atoms. The van der Waals surface area contributed by atoms with Gasteiger partial charge in [0, 0.05) is 9.66 Å². The Balaban J connectivity index is 3.68. The summed E-state index contributed by atoms with van der Waals surface area (Å²) in [6.07, 6.45) is 0. The minimum absolute atomic E-state index is 0.290. The first-order chi connectivity index (χ1) is 8.65. The summed E-state index contributed by atoms with van der Waals surface area (Å²) in [7, 11) is -2.29. The predicted octanol–water partition coefficient (Wildman–Crippen LogP) is 5.61. The van der Waals surface area contributed by atoms with Crippen LogP contribution in [0.1, 0.15) is 41.5 Å². The number of hydrogen-bond acceptors (Lipinski definition) is 0. The van der Waals surface area contributed by atoms with Gasteiger partial charge in [0.2, 0.25) is 0 Å². The van der Waals surface area contributed by atoms with Gasteiger partial charge in [0.25, 0.3) is 0 Å². The smallest absolute Gasteiger partial charge is 0.126 e. The molecule has 0 nitrogen and oxygen atoms in total. The first-order valence-corrected chi connectivity index (χ1v) is 9.83. The zero-order chi connectivity index (χ0) is 15.0. The minimum Gasteiger partial charge on any atom is -0.207 e. The lowest BCUT2D eigenvalue weighted by Crippen LogP contribution is -2.58. The van der Waals surface area contributed by atoms with Gasteiger partial charge in [-0.3, -0.25) is 0 Å². The molecule has 0 fully saturated rings. The van der Waals surface area contributed by atoms with Gasteiger partial charge >= 0.3 is 0 Å². The van der Waals surface area contributed by atoms with Crippen LogP contribution in [0.4, 0.5) is 8.78 Å². The van der Waals surface area contributed by atoms with E-state index in [4.69, 9.17) is 0 Å². The number of hydrogen-bond donors (Lipinski definition) is 0. The Bertz CT molecular complexity index is 411. The zero-order valence-corrected chi connectivity index (χ0v) is 15.1. The summed E-state index contributed by atoms with van der Waals surface area (Å²) in [6.45, 7) is 12.6. The molecular formula is C15H23BrF2Si. The van der Waals surface area contributed by atoms with Gasteiger partial charge in [-0.2, -0.15) is 0 Å². The summed E-state index contributed by atoms with van der Waals surface area (Å²) in [6, 6.07) is 2.79. The van der Waals surface area contributed by atoms with E-state index in [0.717, 1.165) is 0 Å². The molecule has 0 saturated carbocycles. The molecule has 0 aliphatic heterocycles. The molecule has 1 aromatic carbocycles. The third-order valence-electron chi connectivity index (χ3n) is 4.31. The molecule has 0 aliphatic carbocycles. The fraction of sp³-hybridized carbons (Fsp3) is 0.600. The summed E-state index contributed by atoms with van der Waals surface area (Å²) < 4.78 is 29.4. The van der Waals surface area contributed by atoms with Crippen LogP contribution in [0.5, 0.6) is 0 Å². The average Bonchev–Trinajstić information content (AvgIpc) is 2.20. The second kappa shape index (κ2) is 6.04. The topological polar surface area (TPSA) is 0 Å². The van der Waals surface area contributed by atoms with E-state index in [1.807, 2.05) is 0 Å². The number of halogens is 3. The third-order valence-corrected chi connectivity index (χ3v) is 11.8. The maximum atomic E-state index is 14.5. The van der Waals surface area contributed by atoms with Crippen molar-refractivity contribution in [2.75, 3.05) is 0 Å². The van der Waals surface area contributed by atoms with E-state index in [2.05, 4.69) is 57.5 Å². The molecule has 0 radical (unpaired) electrons. The largest absolute Gasteiger partial charge is 0.207 e. The van der Waals surface area contributed by atoms with Crippen LogP contribution in [0.3, 0.4) is 0 Å². The van der Waals surface area contributed by atoms with Crippen LogP contribution in [0.15, 0.2) is 16.6 Å². The summed E-state index contributed by atoms with van der Waals surface area (Å²) in [5.41, 5.74) is 0.869. The van der Waals surface area contributed by atoms with Gasteiger partial charge in [0.05, 0.1) is 0 Å². The monoisotopic (exact) mass is 348 g/mol. The molecule has 1 rings (SSSR count). The van der Waals surface area contributed by atoms with E-state index in [1.165, 1.54) is 12.1 Å². The number of rotatable bonds is 4. The van der Waals surface area contributed by atoms with Crippen molar-refractivity contribution in [1.29, 1.82) is 0 Å². The Hall–Kier alpha value is -0.223. The van der Waals surface area contributed by atoms with Crippen molar-refractivity contribution in [3.05, 3.63) is 28.2 Å². The van der Waals surface area contributed by atoms with Crippen LogP contribution in [0, 0.1) is 11.6 Å². The van der Waals surface area contributed by atoms with Crippen molar-refractivity contribution in [1.82, 2.24) is 0 Å². The lowest BCUT2D eigenvalue weighted by atomic mass is 10.3. The first-order valence-electron chi connectivity index (χ1n) is 6.80. The Kier molecular flexibility index (Phi) is 5.35. The van der Waals surface area contributed by atoms with Gasteiger partial charge in [-0.25, -0.2) is 8.78 Å². The van der Waals surface area contributed by atoms with Crippen LogP contribution in [0.25, 0.3) is 0 Å². The molecule has 0 N–H and O–H groups in total. The van der Waals surface area contributed by atoms with Crippen molar-refractivity contribution in [3.8, 4) is 0 Å². The summed E-state index contributed by atoms with van der Waals surface area (Å²) in [4.78, 5) is 0. The molecule has 0 amide bonds. The zero-order valence-electron chi connectivity index (χ0n) is 12.5. The molecule has 108 valence electrons. The lowest BCUT2D eigenvalue weighted by Gasteiger charge is -2.43. The fourth-order valence-corrected chi connectivity index (χ4v) is 10.9.